The maximum absolute atomic E-state index is 12.2. The second-order valence-corrected chi connectivity index (χ2v) is 8.13. The van der Waals surface area contributed by atoms with Gasteiger partial charge in [-0.05, 0) is 55.2 Å². The third-order valence-electron chi connectivity index (χ3n) is 5.48. The highest BCUT2D eigenvalue weighted by Gasteiger charge is 2.31. The Morgan fingerprint density at radius 1 is 1.27 bits per heavy atom. The average Bonchev–Trinajstić information content (AvgIpc) is 2.73. The van der Waals surface area contributed by atoms with Crippen molar-refractivity contribution >= 4 is 29.4 Å². The van der Waals surface area contributed by atoms with E-state index < -0.39 is 17.9 Å². The van der Waals surface area contributed by atoms with Crippen molar-refractivity contribution in [3.05, 3.63) is 46.6 Å². The van der Waals surface area contributed by atoms with E-state index in [0.717, 1.165) is 35.4 Å². The van der Waals surface area contributed by atoms with Crippen molar-refractivity contribution in [3.8, 4) is 0 Å². The van der Waals surface area contributed by atoms with Crippen molar-refractivity contribution in [2.45, 2.75) is 57.9 Å². The van der Waals surface area contributed by atoms with E-state index in [1.165, 1.54) is 7.11 Å². The molecule has 0 aliphatic heterocycles. The topological polar surface area (TPSA) is 92.7 Å². The van der Waals surface area contributed by atoms with Gasteiger partial charge in [0.15, 0.2) is 0 Å². The van der Waals surface area contributed by atoms with E-state index >= 15 is 0 Å². The van der Waals surface area contributed by atoms with Crippen molar-refractivity contribution in [1.82, 2.24) is 5.32 Å². The minimum Gasteiger partial charge on any atom is -0.481 e. The molecule has 0 heterocycles. The molecule has 0 aromatic rings. The summed E-state index contributed by atoms with van der Waals surface area (Å²) in [4.78, 5) is 35.2. The third-order valence-corrected chi connectivity index (χ3v) is 5.78. The van der Waals surface area contributed by atoms with Gasteiger partial charge in [-0.3, -0.25) is 14.4 Å². The summed E-state index contributed by atoms with van der Waals surface area (Å²) in [6.45, 7) is 1.87. The second-order valence-electron chi connectivity index (χ2n) is 7.65. The molecule has 0 bridgehead atoms. The lowest BCUT2D eigenvalue weighted by atomic mass is 9.83. The number of halogens is 1. The van der Waals surface area contributed by atoms with Crippen LogP contribution in [0.4, 0.5) is 0 Å². The Kier molecular flexibility index (Phi) is 9.37. The number of rotatable bonds is 10. The van der Waals surface area contributed by atoms with Crippen molar-refractivity contribution in [1.29, 1.82) is 0 Å². The fourth-order valence-electron chi connectivity index (χ4n) is 3.84. The van der Waals surface area contributed by atoms with E-state index in [1.54, 1.807) is 0 Å². The normalized spacial score (nSPS) is 20.4. The average molecular weight is 436 g/mol. The maximum atomic E-state index is 12.2. The molecule has 6 nitrogen and oxygen atoms in total. The zero-order valence-corrected chi connectivity index (χ0v) is 18.3. The molecule has 0 aromatic heterocycles. The summed E-state index contributed by atoms with van der Waals surface area (Å²) in [7, 11) is 1.33. The highest BCUT2D eigenvalue weighted by Crippen LogP contribution is 2.31. The van der Waals surface area contributed by atoms with Crippen LogP contribution in [0.15, 0.2) is 46.6 Å². The van der Waals surface area contributed by atoms with Gasteiger partial charge in [0.1, 0.15) is 0 Å². The van der Waals surface area contributed by atoms with Crippen molar-refractivity contribution in [2.75, 3.05) is 7.11 Å². The Morgan fingerprint density at radius 3 is 2.60 bits per heavy atom. The fraction of sp³-hybridized carbons (Fsp3) is 0.522. The first-order chi connectivity index (χ1) is 14.3. The number of carboxylic acids is 1. The molecule has 0 aromatic carbocycles. The molecule has 164 valence electrons. The SMILES string of the molecule is CCC(C(=O)OC)C(CC1C=CC(C2=CCCC(Cl)=C2)=CC1)NC(=O)CCC(=O)O. The summed E-state index contributed by atoms with van der Waals surface area (Å²) in [5, 5.41) is 12.5. The van der Waals surface area contributed by atoms with Crippen LogP contribution in [-0.2, 0) is 19.1 Å². The maximum Gasteiger partial charge on any atom is 0.310 e. The first kappa shape index (κ1) is 23.9. The molecule has 0 saturated carbocycles. The van der Waals surface area contributed by atoms with E-state index in [2.05, 4.69) is 29.6 Å². The van der Waals surface area contributed by atoms with Crippen LogP contribution in [0, 0.1) is 11.8 Å². The third kappa shape index (κ3) is 7.17. The van der Waals surface area contributed by atoms with Crippen LogP contribution in [0.3, 0.4) is 0 Å². The molecule has 0 radical (unpaired) electrons. The molecular formula is C23H30ClNO5. The number of hydrogen-bond acceptors (Lipinski definition) is 4. The fourth-order valence-corrected chi connectivity index (χ4v) is 4.06. The number of carbonyl (C=O) groups is 3. The summed E-state index contributed by atoms with van der Waals surface area (Å²) in [6.07, 6.45) is 13.8. The number of aliphatic carboxylic acids is 1. The van der Waals surface area contributed by atoms with Gasteiger partial charge in [-0.15, -0.1) is 0 Å². The molecule has 0 saturated heterocycles. The summed E-state index contributed by atoms with van der Waals surface area (Å²) in [6, 6.07) is -0.420. The number of carbonyl (C=O) groups excluding carboxylic acids is 2. The van der Waals surface area contributed by atoms with E-state index in [9.17, 15) is 14.4 Å². The van der Waals surface area contributed by atoms with E-state index in [-0.39, 0.29) is 30.6 Å². The highest BCUT2D eigenvalue weighted by molar-refractivity contribution is 6.29. The molecule has 2 aliphatic rings. The number of carboxylic acid groups (broad SMARTS) is 1. The van der Waals surface area contributed by atoms with Crippen LogP contribution in [0.25, 0.3) is 0 Å². The van der Waals surface area contributed by atoms with Crippen LogP contribution in [0.2, 0.25) is 0 Å². The van der Waals surface area contributed by atoms with Gasteiger partial charge >= 0.3 is 11.9 Å². The predicted molar refractivity (Wildman–Crippen MR) is 116 cm³/mol. The van der Waals surface area contributed by atoms with Gasteiger partial charge in [0.05, 0.1) is 19.4 Å². The Labute approximate surface area is 182 Å². The van der Waals surface area contributed by atoms with Gasteiger partial charge in [-0.2, -0.15) is 0 Å². The van der Waals surface area contributed by atoms with Crippen LogP contribution in [0.5, 0.6) is 0 Å². The lowest BCUT2D eigenvalue weighted by molar-refractivity contribution is -0.147. The smallest absolute Gasteiger partial charge is 0.310 e. The number of ether oxygens (including phenoxy) is 1. The lowest BCUT2D eigenvalue weighted by Gasteiger charge is -2.29. The van der Waals surface area contributed by atoms with Gasteiger partial charge in [0.2, 0.25) is 5.91 Å². The van der Waals surface area contributed by atoms with Crippen molar-refractivity contribution < 1.29 is 24.2 Å². The van der Waals surface area contributed by atoms with Gasteiger partial charge in [-0.1, -0.05) is 42.8 Å². The molecule has 3 unspecified atom stereocenters. The molecule has 2 rings (SSSR count). The summed E-state index contributed by atoms with van der Waals surface area (Å²) < 4.78 is 4.92. The molecule has 3 atom stereocenters. The quantitative estimate of drug-likeness (QED) is 0.500. The number of esters is 1. The Balaban J connectivity index is 2.05. The molecule has 1 amide bonds. The summed E-state index contributed by atoms with van der Waals surface area (Å²) in [5.41, 5.74) is 2.26. The van der Waals surface area contributed by atoms with E-state index in [0.29, 0.717) is 12.8 Å². The van der Waals surface area contributed by atoms with Crippen LogP contribution in [-0.4, -0.2) is 36.1 Å². The largest absolute Gasteiger partial charge is 0.481 e. The Bertz CT molecular complexity index is 780. The Morgan fingerprint density at radius 2 is 2.03 bits per heavy atom. The van der Waals surface area contributed by atoms with Gasteiger partial charge < -0.3 is 15.2 Å². The van der Waals surface area contributed by atoms with Gasteiger partial charge in [0.25, 0.3) is 0 Å². The molecule has 0 spiro atoms. The monoisotopic (exact) mass is 435 g/mol. The summed E-state index contributed by atoms with van der Waals surface area (Å²) >= 11 is 6.16. The van der Waals surface area contributed by atoms with Crippen molar-refractivity contribution in [3.63, 3.8) is 0 Å². The first-order valence-electron chi connectivity index (χ1n) is 10.4. The minimum absolute atomic E-state index is 0.116. The summed E-state index contributed by atoms with van der Waals surface area (Å²) in [5.74, 6) is -2.09. The van der Waals surface area contributed by atoms with Gasteiger partial charge in [-0.25, -0.2) is 0 Å². The number of methoxy groups -OCH3 is 1. The molecular weight excluding hydrogens is 406 g/mol. The van der Waals surface area contributed by atoms with Gasteiger partial charge in [0, 0.05) is 17.5 Å². The number of nitrogens with one attached hydrogen (secondary N) is 1. The molecule has 0 fully saturated rings. The molecule has 2 N–H and O–H groups in total. The first-order valence-corrected chi connectivity index (χ1v) is 10.8. The van der Waals surface area contributed by atoms with Crippen LogP contribution >= 0.6 is 11.6 Å². The highest BCUT2D eigenvalue weighted by atomic mass is 35.5. The second kappa shape index (κ2) is 11.7. The standard InChI is InChI=1S/C23H30ClNO5/c1-3-19(23(29)30-2)20(25-21(26)11-12-22(27)28)13-15-7-9-16(10-8-15)17-5-4-6-18(24)14-17/h5,7,9-10,14-15,19-20H,3-4,6,8,11-13H2,1-2H3,(H,25,26)(H,27,28). The lowest BCUT2D eigenvalue weighted by Crippen LogP contribution is -2.44. The van der Waals surface area contributed by atoms with E-state index in [1.807, 2.05) is 13.0 Å². The molecule has 2 aliphatic carbocycles. The molecule has 30 heavy (non-hydrogen) atoms. The number of hydrogen-bond donors (Lipinski definition) is 2. The number of amides is 1. The van der Waals surface area contributed by atoms with Crippen molar-refractivity contribution in [2.24, 2.45) is 11.8 Å². The predicted octanol–water partition coefficient (Wildman–Crippen LogP) is 4.27. The molecule has 7 heteroatoms. The van der Waals surface area contributed by atoms with E-state index in [4.69, 9.17) is 21.4 Å². The van der Waals surface area contributed by atoms with Crippen LogP contribution < -0.4 is 5.32 Å². The Hall–Kier alpha value is -2.34. The number of allylic oxidation sites excluding steroid dienone is 8. The zero-order valence-electron chi connectivity index (χ0n) is 17.5. The van der Waals surface area contributed by atoms with Crippen LogP contribution in [0.1, 0.15) is 51.9 Å². The minimum atomic E-state index is -1.03. The zero-order chi connectivity index (χ0) is 22.1.